The number of rotatable bonds is 18. The van der Waals surface area contributed by atoms with E-state index >= 15 is 0 Å². The van der Waals surface area contributed by atoms with E-state index in [-0.39, 0.29) is 50.3 Å². The number of hydrogen-bond acceptors (Lipinski definition) is 16. The summed E-state index contributed by atoms with van der Waals surface area (Å²) in [5.74, 6) is -2.66. The summed E-state index contributed by atoms with van der Waals surface area (Å²) in [5.41, 5.74) is 13.4. The van der Waals surface area contributed by atoms with Gasteiger partial charge in [0.05, 0.1) is 25.7 Å². The molecule has 384 valence electrons. The third-order valence-electron chi connectivity index (χ3n) is 11.3. The minimum absolute atomic E-state index is 0.0209. The second-order valence-corrected chi connectivity index (χ2v) is 19.2. The molecule has 3 rings (SSSR count). The Labute approximate surface area is 408 Å². The van der Waals surface area contributed by atoms with Crippen LogP contribution in [-0.2, 0) is 54.4 Å². The Morgan fingerprint density at radius 3 is 2.19 bits per heavy atom. The topological polar surface area (TPSA) is 378 Å². The van der Waals surface area contributed by atoms with Gasteiger partial charge in [-0.15, -0.1) is 0 Å². The van der Waals surface area contributed by atoms with Crippen molar-refractivity contribution in [1.82, 2.24) is 47.5 Å². The molecule has 0 unspecified atom stereocenters. The molecule has 2 heterocycles. The molecule has 69 heavy (non-hydrogen) atoms. The molecule has 26 heteroatoms. The van der Waals surface area contributed by atoms with Crippen LogP contribution in [0.1, 0.15) is 78.2 Å². The maximum Gasteiger partial charge on any atom is 0.246 e. The highest BCUT2D eigenvalue weighted by atomic mass is 33.1. The number of nitrogens with one attached hydrogen (secondary N) is 8. The fourth-order valence-corrected chi connectivity index (χ4v) is 9.48. The van der Waals surface area contributed by atoms with Crippen LogP contribution in [0.2, 0.25) is 0 Å². The third kappa shape index (κ3) is 18.6. The Hall–Kier alpha value is -5.70. The van der Waals surface area contributed by atoms with Crippen molar-refractivity contribution >= 4 is 80.7 Å². The summed E-state index contributed by atoms with van der Waals surface area (Å²) in [6.45, 7) is 6.70. The number of likely N-dealkylation sites (tertiary alicyclic amines) is 1. The summed E-state index contributed by atoms with van der Waals surface area (Å²) in [7, 11) is 2.26. The summed E-state index contributed by atoms with van der Waals surface area (Å²) >= 11 is 0. The number of primary amides is 1. The summed E-state index contributed by atoms with van der Waals surface area (Å²) in [6.07, 6.45) is -1.08. The Bertz CT molecular complexity index is 1970. The number of nitrogens with zero attached hydrogens (tertiary/aromatic N) is 1. The average Bonchev–Trinajstić information content (AvgIpc) is 3.82. The average molecular weight is 1010 g/mol. The lowest BCUT2D eigenvalue weighted by Gasteiger charge is -2.31. The predicted octanol–water partition coefficient (Wildman–Crippen LogP) is -3.54. The number of ether oxygens (including phenoxy) is 1. The smallest absolute Gasteiger partial charge is 0.246 e. The van der Waals surface area contributed by atoms with Gasteiger partial charge in [0.25, 0.3) is 0 Å². The van der Waals surface area contributed by atoms with Gasteiger partial charge in [0.2, 0.25) is 59.1 Å². The second kappa shape index (κ2) is 29.4. The minimum atomic E-state index is -1.75. The van der Waals surface area contributed by atoms with Gasteiger partial charge in [-0.1, -0.05) is 54.0 Å². The number of hydrogen-bond donors (Lipinski definition) is 12. The lowest BCUT2D eigenvalue weighted by Crippen LogP contribution is -2.63. The lowest BCUT2D eigenvalue weighted by atomic mass is 9.96. The zero-order chi connectivity index (χ0) is 51.2. The first-order valence-corrected chi connectivity index (χ1v) is 25.3. The molecule has 0 aliphatic carbocycles. The van der Waals surface area contributed by atoms with Crippen molar-refractivity contribution in [3.05, 3.63) is 29.8 Å². The van der Waals surface area contributed by atoms with E-state index in [9.17, 15) is 53.1 Å². The van der Waals surface area contributed by atoms with Crippen molar-refractivity contribution in [2.75, 3.05) is 37.7 Å². The van der Waals surface area contributed by atoms with Gasteiger partial charge in [-0.2, -0.15) is 0 Å². The van der Waals surface area contributed by atoms with Crippen LogP contribution in [0.4, 0.5) is 0 Å². The van der Waals surface area contributed by atoms with Gasteiger partial charge in [0.1, 0.15) is 48.0 Å². The van der Waals surface area contributed by atoms with E-state index in [1.165, 1.54) is 11.8 Å². The van der Waals surface area contributed by atoms with Crippen LogP contribution in [-0.4, -0.2) is 155 Å². The molecule has 24 nitrogen and oxygen atoms in total. The van der Waals surface area contributed by atoms with Crippen LogP contribution >= 0.6 is 21.6 Å². The monoisotopic (exact) mass is 1010 g/mol. The second-order valence-electron chi connectivity index (χ2n) is 16.6. The highest BCUT2D eigenvalue weighted by Gasteiger charge is 2.41. The molecule has 2 fully saturated rings. The summed E-state index contributed by atoms with van der Waals surface area (Å²) < 4.78 is 5.54. The molecule has 10 amide bonds. The maximum atomic E-state index is 14.5. The molecule has 0 bridgehead atoms. The van der Waals surface area contributed by atoms with E-state index in [0.29, 0.717) is 37.2 Å². The summed E-state index contributed by atoms with van der Waals surface area (Å²) in [6, 6.07) is -2.68. The number of aliphatic hydroxyl groups excluding tert-OH is 1. The standard InChI is InChI=1S/C43H68N12O12S2/c1-5-23(3)35-41(64)53-36(24(4)56)42(65)50-29(20-34(59)54-46)38(61)51-30(43(66)55-17-8-10-31(55)40(63)49-27(9-7-16-44)37(60)47-21-32(45)57)22-69-68-18-15-33(58)48-28(39(62)52-35)19-25-11-13-26(14-12-25)67-6-2/h11-14,23-24,27-31,35-36,56H,5-10,15-22,44,46H2,1-4H3,(H2,45,57)(H,47,60)(H,48,58)(H,49,63)(H,50,65)(H,51,61)(H,52,62)(H,53,64)(H,54,59)/t23-,24+,27-,28+,29+,30-,31-,35-,36-/m0/s1. The fourth-order valence-electron chi connectivity index (χ4n) is 7.33. The fraction of sp³-hybridized carbons (Fsp3) is 0.628. The third-order valence-corrected chi connectivity index (χ3v) is 13.7. The SMILES string of the molecule is CCOc1ccc(C[C@H]2NC(=O)CCSSC[C@@H](C(=O)N3CCC[C@H]3C(=O)N[C@@H](CCCN)C(=O)NCC(N)=O)NC(=O)[C@@H](CC(=O)NN)NC(=O)[C@H]([C@@H](C)O)NC(=O)[C@H]([C@@H](C)CC)NC2=O)cc1. The van der Waals surface area contributed by atoms with Gasteiger partial charge >= 0.3 is 0 Å². The molecule has 2 aliphatic rings. The highest BCUT2D eigenvalue weighted by Crippen LogP contribution is 2.26. The van der Waals surface area contributed by atoms with Gasteiger partial charge < -0.3 is 63.4 Å². The van der Waals surface area contributed by atoms with E-state index in [4.69, 9.17) is 22.0 Å². The number of carbonyl (C=O) groups is 10. The van der Waals surface area contributed by atoms with Crippen molar-refractivity contribution in [2.24, 2.45) is 23.2 Å². The summed E-state index contributed by atoms with van der Waals surface area (Å²) in [4.78, 5) is 136. The molecule has 0 saturated carbocycles. The molecule has 0 spiro atoms. The van der Waals surface area contributed by atoms with Gasteiger partial charge in [0, 0.05) is 30.9 Å². The first-order chi connectivity index (χ1) is 32.8. The van der Waals surface area contributed by atoms with E-state index in [1.807, 2.05) is 12.3 Å². The van der Waals surface area contributed by atoms with Gasteiger partial charge in [0.15, 0.2) is 0 Å². The van der Waals surface area contributed by atoms with Crippen LogP contribution in [0.3, 0.4) is 0 Å². The zero-order valence-corrected chi connectivity index (χ0v) is 41.0. The molecule has 0 aromatic heterocycles. The van der Waals surface area contributed by atoms with Crippen LogP contribution in [0, 0.1) is 5.92 Å². The van der Waals surface area contributed by atoms with E-state index < -0.39 is 126 Å². The van der Waals surface area contributed by atoms with Crippen molar-refractivity contribution in [3.8, 4) is 5.75 Å². The molecule has 2 aliphatic heterocycles. The largest absolute Gasteiger partial charge is 0.494 e. The number of aliphatic hydroxyl groups is 1. The molecular formula is C43H68N12O12S2. The molecule has 15 N–H and O–H groups in total. The minimum Gasteiger partial charge on any atom is -0.494 e. The van der Waals surface area contributed by atoms with Crippen LogP contribution in [0.25, 0.3) is 0 Å². The lowest BCUT2D eigenvalue weighted by molar-refractivity contribution is -0.142. The van der Waals surface area contributed by atoms with Crippen LogP contribution < -0.4 is 64.7 Å². The summed E-state index contributed by atoms with van der Waals surface area (Å²) in [5, 5.41) is 28.7. The Morgan fingerprint density at radius 1 is 0.899 bits per heavy atom. The number of carbonyl (C=O) groups excluding carboxylic acids is 10. The van der Waals surface area contributed by atoms with Gasteiger partial charge in [-0.25, -0.2) is 5.84 Å². The van der Waals surface area contributed by atoms with Crippen molar-refractivity contribution in [1.29, 1.82) is 0 Å². The van der Waals surface area contributed by atoms with E-state index in [0.717, 1.165) is 21.6 Å². The molecule has 1 aromatic rings. The van der Waals surface area contributed by atoms with E-state index in [1.54, 1.807) is 38.1 Å². The number of amides is 10. The first kappa shape index (κ1) is 57.6. The molecule has 0 radical (unpaired) electrons. The number of hydrazine groups is 1. The zero-order valence-electron chi connectivity index (χ0n) is 39.3. The normalized spacial score (nSPS) is 23.6. The number of nitrogens with two attached hydrogens (primary N) is 3. The maximum absolute atomic E-state index is 14.5. The molecule has 9 atom stereocenters. The molecule has 1 aromatic carbocycles. The molecular weight excluding hydrogens is 941 g/mol. The van der Waals surface area contributed by atoms with Crippen molar-refractivity contribution in [3.63, 3.8) is 0 Å². The predicted molar refractivity (Wildman–Crippen MR) is 256 cm³/mol. The Kier molecular flexibility index (Phi) is 24.5. The van der Waals surface area contributed by atoms with Crippen molar-refractivity contribution < 1.29 is 57.8 Å². The quantitative estimate of drug-likeness (QED) is 0.0293. The Balaban J connectivity index is 2.01. The van der Waals surface area contributed by atoms with Crippen LogP contribution in [0.15, 0.2) is 24.3 Å². The van der Waals surface area contributed by atoms with Gasteiger partial charge in [-0.05, 0) is 69.7 Å². The Morgan fingerprint density at radius 2 is 1.57 bits per heavy atom. The van der Waals surface area contributed by atoms with Gasteiger partial charge in [-0.3, -0.25) is 53.4 Å². The molecule has 2 saturated heterocycles. The number of benzene rings is 1. The highest BCUT2D eigenvalue weighted by molar-refractivity contribution is 8.76. The van der Waals surface area contributed by atoms with E-state index in [2.05, 4.69) is 37.2 Å². The van der Waals surface area contributed by atoms with Crippen molar-refractivity contribution in [2.45, 2.75) is 127 Å². The van der Waals surface area contributed by atoms with Crippen LogP contribution in [0.5, 0.6) is 5.75 Å². The first-order valence-electron chi connectivity index (χ1n) is 22.8.